The predicted molar refractivity (Wildman–Crippen MR) is 121 cm³/mol. The van der Waals surface area contributed by atoms with E-state index in [-0.39, 0.29) is 24.0 Å². The monoisotopic (exact) mass is 456 g/mol. The Kier molecular flexibility index (Phi) is 8.27. The van der Waals surface area contributed by atoms with E-state index in [1.165, 1.54) is 17.8 Å². The summed E-state index contributed by atoms with van der Waals surface area (Å²) in [7, 11) is 3.36. The van der Waals surface area contributed by atoms with Gasteiger partial charge in [0, 0.05) is 25.7 Å². The van der Waals surface area contributed by atoms with Gasteiger partial charge in [0.25, 0.3) is 0 Å². The van der Waals surface area contributed by atoms with Gasteiger partial charge >= 0.3 is 0 Å². The fraction of sp³-hybridized carbons (Fsp3) is 0.261. The molecule has 3 aromatic rings. The molecule has 7 nitrogen and oxygen atoms in total. The Morgan fingerprint density at radius 3 is 2.62 bits per heavy atom. The van der Waals surface area contributed by atoms with Gasteiger partial charge < -0.3 is 14.4 Å². The summed E-state index contributed by atoms with van der Waals surface area (Å²) in [4.78, 5) is 14.3. The quantitative estimate of drug-likeness (QED) is 0.322. The number of methoxy groups -OCH3 is 1. The number of halogens is 1. The second-order valence-electron chi connectivity index (χ2n) is 6.87. The summed E-state index contributed by atoms with van der Waals surface area (Å²) in [6.45, 7) is 4.68. The summed E-state index contributed by atoms with van der Waals surface area (Å²) in [6, 6.07) is 13.8. The Morgan fingerprint density at radius 1 is 1.19 bits per heavy atom. The molecule has 1 heterocycles. The van der Waals surface area contributed by atoms with Crippen molar-refractivity contribution in [3.05, 3.63) is 78.4 Å². The second-order valence-corrected chi connectivity index (χ2v) is 7.81. The highest BCUT2D eigenvalue weighted by atomic mass is 32.2. The van der Waals surface area contributed by atoms with Crippen molar-refractivity contribution in [3.63, 3.8) is 0 Å². The lowest BCUT2D eigenvalue weighted by atomic mass is 10.2. The van der Waals surface area contributed by atoms with Gasteiger partial charge in [-0.2, -0.15) is 0 Å². The SMILES string of the molecule is C=CCn1c(COc2ccccc2F)nnc1SCC(=O)N(C)Cc1ccccc1OC. The zero-order valence-corrected chi connectivity index (χ0v) is 18.8. The maximum atomic E-state index is 13.8. The minimum Gasteiger partial charge on any atom is -0.496 e. The van der Waals surface area contributed by atoms with Crippen molar-refractivity contribution < 1.29 is 18.7 Å². The number of nitrogens with zero attached hydrogens (tertiary/aromatic N) is 4. The molecule has 0 spiro atoms. The molecule has 9 heteroatoms. The average Bonchev–Trinajstić information content (AvgIpc) is 3.19. The summed E-state index contributed by atoms with van der Waals surface area (Å²) in [6.07, 6.45) is 1.70. The van der Waals surface area contributed by atoms with Crippen molar-refractivity contribution >= 4 is 17.7 Å². The van der Waals surface area contributed by atoms with Gasteiger partial charge in [-0.3, -0.25) is 9.36 Å². The van der Waals surface area contributed by atoms with Gasteiger partial charge in [0.05, 0.1) is 12.9 Å². The molecule has 0 N–H and O–H groups in total. The van der Waals surface area contributed by atoms with Crippen molar-refractivity contribution in [2.75, 3.05) is 19.9 Å². The normalized spacial score (nSPS) is 10.6. The number of ether oxygens (including phenoxy) is 2. The third kappa shape index (κ3) is 5.88. The molecule has 168 valence electrons. The van der Waals surface area contributed by atoms with Crippen molar-refractivity contribution in [1.82, 2.24) is 19.7 Å². The van der Waals surface area contributed by atoms with Crippen molar-refractivity contribution in [2.24, 2.45) is 0 Å². The molecule has 0 unspecified atom stereocenters. The van der Waals surface area contributed by atoms with Gasteiger partial charge in [-0.1, -0.05) is 48.2 Å². The molecule has 0 aliphatic carbocycles. The fourth-order valence-corrected chi connectivity index (χ4v) is 3.87. The molecule has 0 radical (unpaired) electrons. The number of hydrogen-bond acceptors (Lipinski definition) is 6. The summed E-state index contributed by atoms with van der Waals surface area (Å²) in [5.74, 6) is 1.09. The number of aromatic nitrogens is 3. The first kappa shape index (κ1) is 23.3. The van der Waals surface area contributed by atoms with Crippen LogP contribution in [0.1, 0.15) is 11.4 Å². The van der Waals surface area contributed by atoms with Crippen LogP contribution in [-0.2, 0) is 24.5 Å². The number of amides is 1. The molecule has 3 rings (SSSR count). The first-order valence-corrected chi connectivity index (χ1v) is 10.9. The zero-order valence-electron chi connectivity index (χ0n) is 18.0. The van der Waals surface area contributed by atoms with E-state index < -0.39 is 5.82 Å². The number of rotatable bonds is 11. The van der Waals surface area contributed by atoms with Crippen LogP contribution >= 0.6 is 11.8 Å². The molecule has 2 aromatic carbocycles. The van der Waals surface area contributed by atoms with E-state index >= 15 is 0 Å². The van der Waals surface area contributed by atoms with E-state index in [1.807, 2.05) is 24.3 Å². The smallest absolute Gasteiger partial charge is 0.233 e. The zero-order chi connectivity index (χ0) is 22.9. The number of para-hydroxylation sites is 2. The lowest BCUT2D eigenvalue weighted by Crippen LogP contribution is -2.28. The summed E-state index contributed by atoms with van der Waals surface area (Å²) >= 11 is 1.28. The average molecular weight is 457 g/mol. The molecule has 32 heavy (non-hydrogen) atoms. The lowest BCUT2D eigenvalue weighted by Gasteiger charge is -2.18. The molecule has 0 bridgehead atoms. The summed E-state index contributed by atoms with van der Waals surface area (Å²) < 4.78 is 26.5. The molecular formula is C23H25FN4O3S. The number of hydrogen-bond donors (Lipinski definition) is 0. The third-order valence-corrected chi connectivity index (χ3v) is 5.60. The highest BCUT2D eigenvalue weighted by Gasteiger charge is 2.17. The second kappa shape index (κ2) is 11.3. The topological polar surface area (TPSA) is 69.5 Å². The van der Waals surface area contributed by atoms with E-state index in [1.54, 1.807) is 47.9 Å². The molecule has 1 amide bonds. The maximum absolute atomic E-state index is 13.8. The van der Waals surface area contributed by atoms with Crippen molar-refractivity contribution in [1.29, 1.82) is 0 Å². The third-order valence-electron chi connectivity index (χ3n) is 4.65. The van der Waals surface area contributed by atoms with E-state index in [9.17, 15) is 9.18 Å². The van der Waals surface area contributed by atoms with Crippen molar-refractivity contribution in [2.45, 2.75) is 24.9 Å². The van der Waals surface area contributed by atoms with Gasteiger partial charge in [-0.05, 0) is 18.2 Å². The predicted octanol–water partition coefficient (Wildman–Crippen LogP) is 3.94. The minimum absolute atomic E-state index is 0.0456. The number of carbonyl (C=O) groups excluding carboxylic acids is 1. The molecule has 0 saturated heterocycles. The Bertz CT molecular complexity index is 1070. The molecule has 0 aliphatic rings. The van der Waals surface area contributed by atoms with Crippen LogP contribution in [0.4, 0.5) is 4.39 Å². The highest BCUT2D eigenvalue weighted by Crippen LogP contribution is 2.22. The van der Waals surface area contributed by atoms with Crippen LogP contribution in [0.2, 0.25) is 0 Å². The van der Waals surface area contributed by atoms with Crippen LogP contribution in [0, 0.1) is 5.82 Å². The van der Waals surface area contributed by atoms with Gasteiger partial charge in [0.15, 0.2) is 22.5 Å². The van der Waals surface area contributed by atoms with Gasteiger partial charge in [-0.15, -0.1) is 16.8 Å². The maximum Gasteiger partial charge on any atom is 0.233 e. The number of thioether (sulfide) groups is 1. The molecule has 0 saturated carbocycles. The summed E-state index contributed by atoms with van der Waals surface area (Å²) in [5, 5.41) is 8.89. The van der Waals surface area contributed by atoms with Crippen LogP contribution < -0.4 is 9.47 Å². The molecule has 1 aromatic heterocycles. The Balaban J connectivity index is 1.62. The van der Waals surface area contributed by atoms with Gasteiger partial charge in [-0.25, -0.2) is 4.39 Å². The van der Waals surface area contributed by atoms with Crippen LogP contribution in [0.15, 0.2) is 66.3 Å². The Labute approximate surface area is 190 Å². The number of allylic oxidation sites excluding steroid dienone is 1. The number of benzene rings is 2. The largest absolute Gasteiger partial charge is 0.496 e. The van der Waals surface area contributed by atoms with Crippen LogP contribution in [0.3, 0.4) is 0 Å². The highest BCUT2D eigenvalue weighted by molar-refractivity contribution is 7.99. The van der Waals surface area contributed by atoms with E-state index in [0.717, 1.165) is 11.3 Å². The molecule has 0 atom stereocenters. The Morgan fingerprint density at radius 2 is 1.91 bits per heavy atom. The fourth-order valence-electron chi connectivity index (χ4n) is 2.96. The van der Waals surface area contributed by atoms with E-state index in [4.69, 9.17) is 9.47 Å². The molecule has 0 fully saturated rings. The first-order valence-electron chi connectivity index (χ1n) is 9.92. The standard InChI is InChI=1S/C23H25FN4O3S/c1-4-13-28-21(15-31-20-12-8-6-10-18(20)24)25-26-23(28)32-16-22(29)27(2)14-17-9-5-7-11-19(17)30-3/h4-12H,1,13-16H2,2-3H3. The lowest BCUT2D eigenvalue weighted by molar-refractivity contribution is -0.127. The van der Waals surface area contributed by atoms with Crippen LogP contribution in [0.25, 0.3) is 0 Å². The van der Waals surface area contributed by atoms with Gasteiger partial charge in [0.2, 0.25) is 5.91 Å². The van der Waals surface area contributed by atoms with E-state index in [0.29, 0.717) is 24.1 Å². The van der Waals surface area contributed by atoms with Gasteiger partial charge in [0.1, 0.15) is 12.4 Å². The molecular weight excluding hydrogens is 431 g/mol. The first-order chi connectivity index (χ1) is 15.5. The van der Waals surface area contributed by atoms with E-state index in [2.05, 4.69) is 16.8 Å². The molecule has 0 aliphatic heterocycles. The number of carbonyl (C=O) groups is 1. The minimum atomic E-state index is -0.444. The summed E-state index contributed by atoms with van der Waals surface area (Å²) in [5.41, 5.74) is 0.929. The van der Waals surface area contributed by atoms with Crippen LogP contribution in [0.5, 0.6) is 11.5 Å². The van der Waals surface area contributed by atoms with Crippen LogP contribution in [-0.4, -0.2) is 45.5 Å². The Hall–Kier alpha value is -3.33. The van der Waals surface area contributed by atoms with Crippen molar-refractivity contribution in [3.8, 4) is 11.5 Å².